The smallest absolute Gasteiger partial charge is 0.339 e. The molecule has 1 aromatic rings. The number of sulfonamides is 1. The Labute approximate surface area is 129 Å². The SMILES string of the molecule is COC(=O)c1ccccc1S(=O)(=O)N[C@H](C(=O)OC)C(C)C. The normalized spacial score (nSPS) is 12.8. The highest BCUT2D eigenvalue weighted by molar-refractivity contribution is 7.89. The lowest BCUT2D eigenvalue weighted by Gasteiger charge is -2.20. The summed E-state index contributed by atoms with van der Waals surface area (Å²) in [6.07, 6.45) is 0. The molecule has 0 saturated carbocycles. The van der Waals surface area contributed by atoms with Crippen molar-refractivity contribution < 1.29 is 27.5 Å². The summed E-state index contributed by atoms with van der Waals surface area (Å²) in [6.45, 7) is 3.35. The summed E-state index contributed by atoms with van der Waals surface area (Å²) < 4.78 is 36.4. The standard InChI is InChI=1S/C14H19NO6S/c1-9(2)12(14(17)21-4)15-22(18,19)11-8-6-5-7-10(11)13(16)20-3/h5-9,12,15H,1-4H3/t12-/m0/s1. The molecule has 0 aliphatic carbocycles. The van der Waals surface area contributed by atoms with Gasteiger partial charge in [-0.05, 0) is 18.1 Å². The minimum absolute atomic E-state index is 0.107. The molecule has 8 heteroatoms. The Bertz CT molecular complexity index is 653. The minimum atomic E-state index is -4.10. The van der Waals surface area contributed by atoms with Crippen LogP contribution < -0.4 is 4.72 Å². The van der Waals surface area contributed by atoms with Crippen LogP contribution in [0.1, 0.15) is 24.2 Å². The first-order chi connectivity index (χ1) is 10.2. The highest BCUT2D eigenvalue weighted by atomic mass is 32.2. The lowest BCUT2D eigenvalue weighted by Crippen LogP contribution is -2.45. The molecule has 0 amide bonds. The van der Waals surface area contributed by atoms with Gasteiger partial charge < -0.3 is 9.47 Å². The van der Waals surface area contributed by atoms with E-state index in [1.807, 2.05) is 0 Å². The monoisotopic (exact) mass is 329 g/mol. The maximum absolute atomic E-state index is 12.5. The zero-order valence-corrected chi connectivity index (χ0v) is 13.6. The van der Waals surface area contributed by atoms with Gasteiger partial charge in [0.05, 0.1) is 24.7 Å². The second kappa shape index (κ2) is 7.37. The fraction of sp³-hybridized carbons (Fsp3) is 0.429. The molecule has 0 radical (unpaired) electrons. The first-order valence-corrected chi connectivity index (χ1v) is 8.00. The number of methoxy groups -OCH3 is 2. The second-order valence-corrected chi connectivity index (χ2v) is 6.54. The highest BCUT2D eigenvalue weighted by Gasteiger charge is 2.31. The Kier molecular flexibility index (Phi) is 6.07. The van der Waals surface area contributed by atoms with E-state index in [2.05, 4.69) is 14.2 Å². The number of esters is 2. The number of hydrogen-bond donors (Lipinski definition) is 1. The molecule has 0 bridgehead atoms. The number of benzene rings is 1. The zero-order chi connectivity index (χ0) is 16.9. The van der Waals surface area contributed by atoms with Gasteiger partial charge in [-0.15, -0.1) is 0 Å². The molecule has 1 N–H and O–H groups in total. The molecule has 0 aromatic heterocycles. The number of rotatable bonds is 6. The molecule has 0 spiro atoms. The first kappa shape index (κ1) is 18.1. The minimum Gasteiger partial charge on any atom is -0.468 e. The summed E-state index contributed by atoms with van der Waals surface area (Å²) in [5.74, 6) is -1.80. The van der Waals surface area contributed by atoms with Gasteiger partial charge in [0.2, 0.25) is 10.0 Å². The lowest BCUT2D eigenvalue weighted by atomic mass is 10.1. The van der Waals surface area contributed by atoms with E-state index in [1.165, 1.54) is 31.4 Å². The van der Waals surface area contributed by atoms with Crippen LogP contribution in [0.15, 0.2) is 29.2 Å². The predicted octanol–water partition coefficient (Wildman–Crippen LogP) is 0.949. The Hall–Kier alpha value is -1.93. The third-order valence-electron chi connectivity index (χ3n) is 2.99. The Morgan fingerprint density at radius 2 is 1.68 bits per heavy atom. The van der Waals surface area contributed by atoms with Crippen molar-refractivity contribution in [3.8, 4) is 0 Å². The van der Waals surface area contributed by atoms with Crippen LogP contribution in [0, 0.1) is 5.92 Å². The maximum Gasteiger partial charge on any atom is 0.339 e. The van der Waals surface area contributed by atoms with E-state index >= 15 is 0 Å². The summed E-state index contributed by atoms with van der Waals surface area (Å²) in [5.41, 5.74) is -0.107. The van der Waals surface area contributed by atoms with Crippen molar-refractivity contribution in [1.82, 2.24) is 4.72 Å². The van der Waals surface area contributed by atoms with Gasteiger partial charge in [-0.3, -0.25) is 4.79 Å². The van der Waals surface area contributed by atoms with E-state index in [0.717, 1.165) is 7.11 Å². The van der Waals surface area contributed by atoms with Crippen molar-refractivity contribution >= 4 is 22.0 Å². The molecule has 22 heavy (non-hydrogen) atoms. The molecule has 1 atom stereocenters. The molecule has 1 aromatic carbocycles. The number of carbonyl (C=O) groups is 2. The molecule has 0 aliphatic rings. The molecule has 0 aliphatic heterocycles. The second-order valence-electron chi connectivity index (χ2n) is 4.85. The van der Waals surface area contributed by atoms with Gasteiger partial charge in [0.1, 0.15) is 6.04 Å². The third-order valence-corrected chi connectivity index (χ3v) is 4.49. The topological polar surface area (TPSA) is 98.8 Å². The molecule has 0 heterocycles. The zero-order valence-electron chi connectivity index (χ0n) is 12.8. The van der Waals surface area contributed by atoms with Crippen LogP contribution in [0.4, 0.5) is 0 Å². The fourth-order valence-electron chi connectivity index (χ4n) is 1.79. The quantitative estimate of drug-likeness (QED) is 0.780. The Balaban J connectivity index is 3.25. The van der Waals surface area contributed by atoms with Gasteiger partial charge in [0, 0.05) is 0 Å². The molecule has 1 rings (SSSR count). The van der Waals surface area contributed by atoms with Crippen molar-refractivity contribution in [1.29, 1.82) is 0 Å². The average molecular weight is 329 g/mol. The van der Waals surface area contributed by atoms with Crippen molar-refractivity contribution in [2.45, 2.75) is 24.8 Å². The number of hydrogen-bond acceptors (Lipinski definition) is 6. The summed E-state index contributed by atoms with van der Waals surface area (Å²) in [4.78, 5) is 23.1. The van der Waals surface area contributed by atoms with E-state index in [-0.39, 0.29) is 16.4 Å². The average Bonchev–Trinajstić information content (AvgIpc) is 2.50. The predicted molar refractivity (Wildman–Crippen MR) is 78.7 cm³/mol. The van der Waals surface area contributed by atoms with Gasteiger partial charge in [0.25, 0.3) is 0 Å². The summed E-state index contributed by atoms with van der Waals surface area (Å²) >= 11 is 0. The molecular weight excluding hydrogens is 310 g/mol. The molecule has 7 nitrogen and oxygen atoms in total. The molecule has 0 fully saturated rings. The fourth-order valence-corrected chi connectivity index (χ4v) is 3.32. The van der Waals surface area contributed by atoms with Gasteiger partial charge in [0.15, 0.2) is 0 Å². The van der Waals surface area contributed by atoms with E-state index in [4.69, 9.17) is 0 Å². The largest absolute Gasteiger partial charge is 0.468 e. The lowest BCUT2D eigenvalue weighted by molar-refractivity contribution is -0.143. The van der Waals surface area contributed by atoms with E-state index < -0.39 is 28.0 Å². The summed E-state index contributed by atoms with van der Waals surface area (Å²) in [6, 6.07) is 4.54. The van der Waals surface area contributed by atoms with Crippen LogP contribution in [0.25, 0.3) is 0 Å². The van der Waals surface area contributed by atoms with Gasteiger partial charge >= 0.3 is 11.9 Å². The van der Waals surface area contributed by atoms with E-state index in [1.54, 1.807) is 13.8 Å². The summed E-state index contributed by atoms with van der Waals surface area (Å²) in [5, 5.41) is 0. The highest BCUT2D eigenvalue weighted by Crippen LogP contribution is 2.18. The van der Waals surface area contributed by atoms with E-state index in [0.29, 0.717) is 0 Å². The number of carbonyl (C=O) groups excluding carboxylic acids is 2. The third kappa shape index (κ3) is 4.05. The van der Waals surface area contributed by atoms with Crippen molar-refractivity contribution in [2.24, 2.45) is 5.92 Å². The molecule has 0 saturated heterocycles. The molecule has 0 unspecified atom stereocenters. The number of nitrogens with one attached hydrogen (secondary N) is 1. The van der Waals surface area contributed by atoms with Gasteiger partial charge in [-0.25, -0.2) is 13.2 Å². The van der Waals surface area contributed by atoms with Crippen LogP contribution in [-0.4, -0.2) is 40.6 Å². The Morgan fingerprint density at radius 1 is 1.09 bits per heavy atom. The van der Waals surface area contributed by atoms with E-state index in [9.17, 15) is 18.0 Å². The van der Waals surface area contributed by atoms with Crippen LogP contribution in [0.5, 0.6) is 0 Å². The van der Waals surface area contributed by atoms with Crippen molar-refractivity contribution in [3.05, 3.63) is 29.8 Å². The van der Waals surface area contributed by atoms with Crippen molar-refractivity contribution in [3.63, 3.8) is 0 Å². The van der Waals surface area contributed by atoms with Crippen LogP contribution in [-0.2, 0) is 24.3 Å². The molecule has 122 valence electrons. The summed E-state index contributed by atoms with van der Waals surface area (Å²) in [7, 11) is -1.76. The van der Waals surface area contributed by atoms with Crippen LogP contribution in [0.3, 0.4) is 0 Å². The first-order valence-electron chi connectivity index (χ1n) is 6.52. The van der Waals surface area contributed by atoms with Crippen LogP contribution >= 0.6 is 0 Å². The van der Waals surface area contributed by atoms with Gasteiger partial charge in [-0.2, -0.15) is 4.72 Å². The maximum atomic E-state index is 12.5. The number of ether oxygens (including phenoxy) is 2. The molecular formula is C14H19NO6S. The van der Waals surface area contributed by atoms with Crippen molar-refractivity contribution in [2.75, 3.05) is 14.2 Å². The van der Waals surface area contributed by atoms with Gasteiger partial charge in [-0.1, -0.05) is 26.0 Å². The van der Waals surface area contributed by atoms with Crippen LogP contribution in [0.2, 0.25) is 0 Å². The Morgan fingerprint density at radius 3 is 2.18 bits per heavy atom.